The van der Waals surface area contributed by atoms with Gasteiger partial charge in [-0.05, 0) is 24.3 Å². The van der Waals surface area contributed by atoms with E-state index in [1.807, 2.05) is 0 Å². The van der Waals surface area contributed by atoms with E-state index in [-0.39, 0.29) is 18.7 Å². The molecule has 1 saturated heterocycles. The summed E-state index contributed by atoms with van der Waals surface area (Å²) in [5, 5.41) is 11.2. The topological polar surface area (TPSA) is 127 Å². The van der Waals surface area contributed by atoms with Crippen molar-refractivity contribution in [1.82, 2.24) is 4.57 Å². The monoisotopic (exact) mass is 464 g/mol. The van der Waals surface area contributed by atoms with Crippen LogP contribution in [0.25, 0.3) is 0 Å². The molecule has 0 saturated carbocycles. The van der Waals surface area contributed by atoms with Crippen LogP contribution in [0.5, 0.6) is 0 Å². The van der Waals surface area contributed by atoms with Crippen molar-refractivity contribution in [1.29, 1.82) is 0 Å². The predicted molar refractivity (Wildman–Crippen MR) is 118 cm³/mol. The molecule has 3 atom stereocenters. The molecule has 0 bridgehead atoms. The first-order valence-electron chi connectivity index (χ1n) is 10.4. The van der Waals surface area contributed by atoms with Crippen LogP contribution in [0, 0.1) is 10.1 Å². The SMILES string of the molecule is O=C(OCC1CC(OC(=O)c2ccccc2)C(n2cc([N+](=O)[O-])ccc2=O)O1)c1ccccc1. The Kier molecular flexibility index (Phi) is 6.79. The van der Waals surface area contributed by atoms with Crippen molar-refractivity contribution >= 4 is 17.6 Å². The van der Waals surface area contributed by atoms with E-state index >= 15 is 0 Å². The fourth-order valence-corrected chi connectivity index (χ4v) is 3.58. The molecule has 1 aliphatic heterocycles. The number of rotatable bonds is 7. The van der Waals surface area contributed by atoms with E-state index < -0.39 is 40.9 Å². The third-order valence-corrected chi connectivity index (χ3v) is 5.23. The Morgan fingerprint density at radius 3 is 2.21 bits per heavy atom. The van der Waals surface area contributed by atoms with E-state index in [2.05, 4.69) is 0 Å². The van der Waals surface area contributed by atoms with Gasteiger partial charge in [0.05, 0.1) is 28.4 Å². The maximum Gasteiger partial charge on any atom is 0.338 e. The molecule has 0 spiro atoms. The molecule has 2 aromatic carbocycles. The van der Waals surface area contributed by atoms with Crippen LogP contribution in [0.2, 0.25) is 0 Å². The van der Waals surface area contributed by atoms with Crippen LogP contribution in [-0.2, 0) is 14.2 Å². The number of esters is 2. The maximum atomic E-state index is 12.6. The van der Waals surface area contributed by atoms with Crippen LogP contribution in [0.15, 0.2) is 83.8 Å². The van der Waals surface area contributed by atoms with E-state index in [0.717, 1.165) is 22.9 Å². The van der Waals surface area contributed by atoms with Crippen molar-refractivity contribution in [2.75, 3.05) is 6.61 Å². The zero-order chi connectivity index (χ0) is 24.1. The van der Waals surface area contributed by atoms with Crippen molar-refractivity contribution in [3.05, 3.63) is 111 Å². The molecule has 0 radical (unpaired) electrons. The van der Waals surface area contributed by atoms with Gasteiger partial charge in [0, 0.05) is 18.6 Å². The molecule has 10 nitrogen and oxygen atoms in total. The van der Waals surface area contributed by atoms with E-state index in [9.17, 15) is 24.5 Å². The molecule has 174 valence electrons. The summed E-state index contributed by atoms with van der Waals surface area (Å²) in [5.74, 6) is -1.20. The Bertz CT molecular complexity index is 1240. The molecule has 0 aliphatic carbocycles. The summed E-state index contributed by atoms with van der Waals surface area (Å²) < 4.78 is 17.8. The van der Waals surface area contributed by atoms with Crippen LogP contribution < -0.4 is 5.56 Å². The third-order valence-electron chi connectivity index (χ3n) is 5.23. The Morgan fingerprint density at radius 1 is 0.971 bits per heavy atom. The molecule has 1 fully saturated rings. The van der Waals surface area contributed by atoms with Crippen LogP contribution in [0.4, 0.5) is 5.69 Å². The lowest BCUT2D eigenvalue weighted by Crippen LogP contribution is -2.32. The zero-order valence-corrected chi connectivity index (χ0v) is 17.8. The second-order valence-corrected chi connectivity index (χ2v) is 7.55. The highest BCUT2D eigenvalue weighted by Gasteiger charge is 2.41. The van der Waals surface area contributed by atoms with Gasteiger partial charge in [-0.15, -0.1) is 0 Å². The normalized spacial score (nSPS) is 19.4. The van der Waals surface area contributed by atoms with Gasteiger partial charge in [-0.25, -0.2) is 9.59 Å². The number of aromatic nitrogens is 1. The quantitative estimate of drug-likeness (QED) is 0.296. The van der Waals surface area contributed by atoms with Gasteiger partial charge in [-0.3, -0.25) is 19.5 Å². The number of hydrogen-bond acceptors (Lipinski definition) is 8. The highest BCUT2D eigenvalue weighted by atomic mass is 16.6. The minimum atomic E-state index is -1.14. The van der Waals surface area contributed by atoms with Gasteiger partial charge >= 0.3 is 11.9 Å². The molecular formula is C24H20N2O8. The summed E-state index contributed by atoms with van der Waals surface area (Å²) in [6, 6.07) is 18.8. The predicted octanol–water partition coefficient (Wildman–Crippen LogP) is 3.13. The summed E-state index contributed by atoms with van der Waals surface area (Å²) in [6.07, 6.45) is -1.65. The molecule has 1 aliphatic rings. The zero-order valence-electron chi connectivity index (χ0n) is 17.8. The number of carbonyl (C=O) groups is 2. The summed E-state index contributed by atoms with van der Waals surface area (Å²) in [7, 11) is 0. The van der Waals surface area contributed by atoms with Gasteiger partial charge < -0.3 is 14.2 Å². The first-order valence-corrected chi connectivity index (χ1v) is 10.4. The highest BCUT2D eigenvalue weighted by molar-refractivity contribution is 5.89. The number of nitrogens with zero attached hydrogens (tertiary/aromatic N) is 2. The van der Waals surface area contributed by atoms with Crippen molar-refractivity contribution in [3.63, 3.8) is 0 Å². The van der Waals surface area contributed by atoms with Crippen molar-refractivity contribution in [2.45, 2.75) is 24.9 Å². The molecule has 0 N–H and O–H groups in total. The van der Waals surface area contributed by atoms with Crippen LogP contribution in [0.3, 0.4) is 0 Å². The molecular weight excluding hydrogens is 444 g/mol. The Hall–Kier alpha value is -4.31. The summed E-state index contributed by atoms with van der Waals surface area (Å²) in [6.45, 7) is -0.159. The fourth-order valence-electron chi connectivity index (χ4n) is 3.58. The Balaban J connectivity index is 1.55. The highest BCUT2D eigenvalue weighted by Crippen LogP contribution is 2.32. The molecule has 0 amide bonds. The lowest BCUT2D eigenvalue weighted by molar-refractivity contribution is -0.385. The number of hydrogen-bond donors (Lipinski definition) is 0. The smallest absolute Gasteiger partial charge is 0.338 e. The minimum absolute atomic E-state index is 0.112. The average molecular weight is 464 g/mol. The van der Waals surface area contributed by atoms with Crippen molar-refractivity contribution in [3.8, 4) is 0 Å². The standard InChI is InChI=1S/C24H20N2O8/c27-21-12-11-18(26(30)31)14-25(21)22-20(34-24(29)17-9-5-2-6-10-17)13-19(33-22)15-32-23(28)16-7-3-1-4-8-16/h1-12,14,19-20,22H,13,15H2. The number of benzene rings is 2. The summed E-state index contributed by atoms with van der Waals surface area (Å²) >= 11 is 0. The number of ether oxygens (including phenoxy) is 3. The molecule has 1 aromatic heterocycles. The summed E-state index contributed by atoms with van der Waals surface area (Å²) in [4.78, 5) is 48.0. The van der Waals surface area contributed by atoms with Gasteiger partial charge in [-0.2, -0.15) is 0 Å². The number of pyridine rings is 1. The van der Waals surface area contributed by atoms with E-state index in [1.165, 1.54) is 0 Å². The van der Waals surface area contributed by atoms with Gasteiger partial charge in [0.25, 0.3) is 11.2 Å². The van der Waals surface area contributed by atoms with Crippen LogP contribution in [-0.4, -0.2) is 40.2 Å². The Labute approximate surface area is 193 Å². The number of carbonyl (C=O) groups excluding carboxylic acids is 2. The molecule has 3 aromatic rings. The Morgan fingerprint density at radius 2 is 1.59 bits per heavy atom. The summed E-state index contributed by atoms with van der Waals surface area (Å²) in [5.41, 5.74) is -0.237. The van der Waals surface area contributed by atoms with Gasteiger partial charge in [0.15, 0.2) is 6.23 Å². The third kappa shape index (κ3) is 5.18. The second kappa shape index (κ2) is 10.1. The largest absolute Gasteiger partial charge is 0.459 e. The van der Waals surface area contributed by atoms with E-state index in [0.29, 0.717) is 11.1 Å². The van der Waals surface area contributed by atoms with E-state index in [4.69, 9.17) is 14.2 Å². The van der Waals surface area contributed by atoms with Gasteiger partial charge in [0.1, 0.15) is 12.7 Å². The fraction of sp³-hybridized carbons (Fsp3) is 0.208. The van der Waals surface area contributed by atoms with Crippen molar-refractivity contribution < 1.29 is 28.7 Å². The molecule has 3 unspecified atom stereocenters. The molecule has 4 rings (SSSR count). The van der Waals surface area contributed by atoms with Gasteiger partial charge in [0.2, 0.25) is 0 Å². The van der Waals surface area contributed by atoms with Crippen molar-refractivity contribution in [2.24, 2.45) is 0 Å². The molecule has 10 heteroatoms. The lowest BCUT2D eigenvalue weighted by Gasteiger charge is -2.21. The second-order valence-electron chi connectivity index (χ2n) is 7.55. The van der Waals surface area contributed by atoms with E-state index in [1.54, 1.807) is 60.7 Å². The first kappa shape index (κ1) is 22.9. The lowest BCUT2D eigenvalue weighted by atomic mass is 10.1. The number of nitro groups is 1. The minimum Gasteiger partial charge on any atom is -0.459 e. The van der Waals surface area contributed by atoms with Crippen LogP contribution >= 0.6 is 0 Å². The van der Waals surface area contributed by atoms with Gasteiger partial charge in [-0.1, -0.05) is 36.4 Å². The van der Waals surface area contributed by atoms with Crippen LogP contribution in [0.1, 0.15) is 33.4 Å². The first-order chi connectivity index (χ1) is 16.4. The maximum absolute atomic E-state index is 12.6. The average Bonchev–Trinajstić information content (AvgIpc) is 3.26. The molecule has 34 heavy (non-hydrogen) atoms. The molecule has 2 heterocycles.